The molecule has 0 aliphatic carbocycles. The van der Waals surface area contributed by atoms with Gasteiger partial charge in [-0.3, -0.25) is 9.89 Å². The zero-order valence-corrected chi connectivity index (χ0v) is 17.6. The molecule has 1 aromatic heterocycles. The van der Waals surface area contributed by atoms with Gasteiger partial charge in [-0.05, 0) is 53.3 Å². The molecule has 1 aliphatic heterocycles. The molecule has 0 radical (unpaired) electrons. The number of hydrogen-bond acceptors (Lipinski definition) is 6. The van der Waals surface area contributed by atoms with E-state index in [1.54, 1.807) is 11.8 Å². The lowest BCUT2D eigenvalue weighted by atomic mass is 10.1. The number of carbonyl (C=O) groups is 1. The van der Waals surface area contributed by atoms with Crippen molar-refractivity contribution in [3.63, 3.8) is 0 Å². The maximum Gasteiger partial charge on any atom is 0.255 e. The van der Waals surface area contributed by atoms with Gasteiger partial charge < -0.3 is 5.32 Å². The van der Waals surface area contributed by atoms with Gasteiger partial charge in [0.1, 0.15) is 6.33 Å². The minimum atomic E-state index is -0.0875. The van der Waals surface area contributed by atoms with Crippen LogP contribution in [0.4, 0.5) is 5.69 Å². The highest BCUT2D eigenvalue weighted by molar-refractivity contribution is 8.16. The van der Waals surface area contributed by atoms with Crippen LogP contribution >= 0.6 is 35.3 Å². The second-order valence-electron chi connectivity index (χ2n) is 6.28. The molecule has 0 unspecified atom stereocenters. The van der Waals surface area contributed by atoms with E-state index in [2.05, 4.69) is 32.6 Å². The largest absolute Gasteiger partial charge is 0.322 e. The minimum absolute atomic E-state index is 0.0875. The summed E-state index contributed by atoms with van der Waals surface area (Å²) in [4.78, 5) is 16.7. The van der Waals surface area contributed by atoms with E-state index in [4.69, 9.17) is 0 Å². The van der Waals surface area contributed by atoms with Crippen molar-refractivity contribution in [2.24, 2.45) is 0 Å². The normalized spacial score (nSPS) is 14.7. The summed E-state index contributed by atoms with van der Waals surface area (Å²) >= 11 is 5.54. The van der Waals surface area contributed by atoms with Crippen molar-refractivity contribution < 1.29 is 4.79 Å². The van der Waals surface area contributed by atoms with E-state index in [-0.39, 0.29) is 5.91 Å². The van der Waals surface area contributed by atoms with Crippen LogP contribution in [0.3, 0.4) is 0 Å². The highest BCUT2D eigenvalue weighted by Gasteiger charge is 2.17. The third-order valence-electron chi connectivity index (χ3n) is 4.23. The monoisotopic (exact) mass is 428 g/mol. The van der Waals surface area contributed by atoms with E-state index in [0.717, 1.165) is 22.2 Å². The van der Waals surface area contributed by atoms with Gasteiger partial charge in [0.15, 0.2) is 5.16 Å². The number of H-pyrrole nitrogens is 1. The number of aromatic amines is 1. The van der Waals surface area contributed by atoms with Crippen LogP contribution in [0, 0.1) is 0 Å². The Morgan fingerprint density at radius 3 is 2.75 bits per heavy atom. The lowest BCUT2D eigenvalue weighted by Gasteiger charge is -2.21. The Labute approximate surface area is 176 Å². The van der Waals surface area contributed by atoms with E-state index in [9.17, 15) is 4.79 Å². The van der Waals surface area contributed by atoms with Gasteiger partial charge >= 0.3 is 0 Å². The topological polar surface area (TPSA) is 70.7 Å². The van der Waals surface area contributed by atoms with Crippen molar-refractivity contribution >= 4 is 46.9 Å². The number of amides is 1. The second-order valence-corrected chi connectivity index (χ2v) is 9.97. The summed E-state index contributed by atoms with van der Waals surface area (Å²) in [5.74, 6) is 3.09. The predicted molar refractivity (Wildman–Crippen MR) is 119 cm³/mol. The van der Waals surface area contributed by atoms with Crippen molar-refractivity contribution in [3.05, 3.63) is 71.5 Å². The number of nitrogens with one attached hydrogen (secondary N) is 2. The Morgan fingerprint density at radius 1 is 1.18 bits per heavy atom. The van der Waals surface area contributed by atoms with Crippen molar-refractivity contribution in [1.29, 1.82) is 0 Å². The van der Waals surface area contributed by atoms with E-state index in [1.807, 2.05) is 59.9 Å². The van der Waals surface area contributed by atoms with Gasteiger partial charge in [0, 0.05) is 17.0 Å². The number of hydrogen-bond donors (Lipinski definition) is 2. The molecule has 1 aliphatic rings. The summed E-state index contributed by atoms with van der Waals surface area (Å²) in [6, 6.07) is 15.9. The number of nitrogens with zero attached hydrogens (tertiary/aromatic N) is 2. The molecular weight excluding hydrogens is 408 g/mol. The first kappa shape index (κ1) is 19.4. The van der Waals surface area contributed by atoms with E-state index in [1.165, 1.54) is 29.8 Å². The van der Waals surface area contributed by atoms with Crippen molar-refractivity contribution in [2.75, 3.05) is 16.8 Å². The summed E-state index contributed by atoms with van der Waals surface area (Å²) < 4.78 is 0.465. The van der Waals surface area contributed by atoms with Gasteiger partial charge in [0.25, 0.3) is 5.91 Å². The fourth-order valence-electron chi connectivity index (χ4n) is 2.81. The van der Waals surface area contributed by atoms with E-state index in [0.29, 0.717) is 10.1 Å². The predicted octanol–water partition coefficient (Wildman–Crippen LogP) is 5.22. The summed E-state index contributed by atoms with van der Waals surface area (Å²) in [7, 11) is 0. The molecule has 0 atom stereocenters. The molecule has 1 saturated heterocycles. The van der Waals surface area contributed by atoms with E-state index >= 15 is 0 Å². The lowest BCUT2D eigenvalue weighted by Crippen LogP contribution is -2.12. The van der Waals surface area contributed by atoms with E-state index < -0.39 is 0 Å². The smallest absolute Gasteiger partial charge is 0.255 e. The Hall–Kier alpha value is -1.90. The van der Waals surface area contributed by atoms with Gasteiger partial charge in [0.05, 0.1) is 4.58 Å². The van der Waals surface area contributed by atoms with Gasteiger partial charge in [-0.2, -0.15) is 5.10 Å². The highest BCUT2D eigenvalue weighted by atomic mass is 32.2. The molecule has 2 heterocycles. The van der Waals surface area contributed by atoms with Crippen LogP contribution < -0.4 is 5.32 Å². The first-order valence-electron chi connectivity index (χ1n) is 8.99. The molecule has 1 fully saturated rings. The third-order valence-corrected chi connectivity index (χ3v) is 8.19. The maximum atomic E-state index is 12.6. The third kappa shape index (κ3) is 5.12. The van der Waals surface area contributed by atoms with Crippen LogP contribution in [-0.4, -0.2) is 32.6 Å². The molecule has 0 spiro atoms. The molecule has 8 heteroatoms. The number of carbonyl (C=O) groups excluding carboxylic acids is 1. The number of benzene rings is 2. The number of aromatic nitrogens is 3. The molecule has 5 nitrogen and oxygen atoms in total. The minimum Gasteiger partial charge on any atom is -0.322 e. The van der Waals surface area contributed by atoms with Crippen LogP contribution in [0.15, 0.2) is 60.0 Å². The van der Waals surface area contributed by atoms with Crippen LogP contribution in [0.5, 0.6) is 0 Å². The van der Waals surface area contributed by atoms with Crippen molar-refractivity contribution in [3.8, 4) is 0 Å². The number of rotatable bonds is 6. The summed E-state index contributed by atoms with van der Waals surface area (Å²) in [6.07, 6.45) is 2.77. The molecule has 3 aromatic rings. The highest BCUT2D eigenvalue weighted by Crippen LogP contribution is 2.44. The molecule has 0 bridgehead atoms. The fraction of sp³-hybridized carbons (Fsp3) is 0.250. The molecule has 2 N–H and O–H groups in total. The SMILES string of the molecule is O=C(Nc1cccc(C2SCCCS2)c1)c1ccc(CSc2ncn[nH]2)cc1. The van der Waals surface area contributed by atoms with Crippen molar-refractivity contribution in [2.45, 2.75) is 21.9 Å². The molecular formula is C20H20N4OS3. The zero-order valence-electron chi connectivity index (χ0n) is 15.1. The Balaban J connectivity index is 1.36. The van der Waals surface area contributed by atoms with Crippen LogP contribution in [0.2, 0.25) is 0 Å². The molecule has 144 valence electrons. The number of thioether (sulfide) groups is 3. The summed E-state index contributed by atoms with van der Waals surface area (Å²) in [5, 5.41) is 10.5. The molecule has 1 amide bonds. The summed E-state index contributed by atoms with van der Waals surface area (Å²) in [6.45, 7) is 0. The Morgan fingerprint density at radius 2 is 2.00 bits per heavy atom. The second kappa shape index (κ2) is 9.54. The average molecular weight is 429 g/mol. The van der Waals surface area contributed by atoms with Crippen LogP contribution in [-0.2, 0) is 5.75 Å². The fourth-order valence-corrected chi connectivity index (χ4v) is 6.42. The standard InChI is InChI=1S/C20H20N4OS3/c25-18(15-7-5-14(6-8-15)12-28-20-21-13-22-24-20)23-17-4-1-3-16(11-17)19-26-9-2-10-27-19/h1,3-8,11,13,19H,2,9-10,12H2,(H,23,25)(H,21,22,24). The molecule has 4 rings (SSSR count). The van der Waals surface area contributed by atoms with Crippen molar-refractivity contribution in [1.82, 2.24) is 15.2 Å². The van der Waals surface area contributed by atoms with Gasteiger partial charge in [-0.25, -0.2) is 4.98 Å². The van der Waals surface area contributed by atoms with Gasteiger partial charge in [-0.1, -0.05) is 36.0 Å². The molecule has 28 heavy (non-hydrogen) atoms. The van der Waals surface area contributed by atoms with Gasteiger partial charge in [-0.15, -0.1) is 23.5 Å². The molecule has 2 aromatic carbocycles. The first-order chi connectivity index (χ1) is 13.8. The lowest BCUT2D eigenvalue weighted by molar-refractivity contribution is 0.102. The average Bonchev–Trinajstić information content (AvgIpc) is 3.27. The first-order valence-corrected chi connectivity index (χ1v) is 12.1. The van der Waals surface area contributed by atoms with Crippen LogP contribution in [0.1, 0.15) is 32.5 Å². The van der Waals surface area contributed by atoms with Crippen LogP contribution in [0.25, 0.3) is 0 Å². The maximum absolute atomic E-state index is 12.6. The zero-order chi connectivity index (χ0) is 19.2. The quantitative estimate of drug-likeness (QED) is 0.525. The molecule has 0 saturated carbocycles. The Bertz CT molecular complexity index is 909. The Kier molecular flexibility index (Phi) is 6.61. The summed E-state index contributed by atoms with van der Waals surface area (Å²) in [5.41, 5.74) is 3.90. The number of anilines is 1. The van der Waals surface area contributed by atoms with Gasteiger partial charge in [0.2, 0.25) is 0 Å².